The molecule has 0 unspecified atom stereocenters. The molecule has 0 aliphatic carbocycles. The van der Waals surface area contributed by atoms with Crippen LogP contribution in [0.2, 0.25) is 0 Å². The van der Waals surface area contributed by atoms with Crippen LogP contribution in [0.1, 0.15) is 10.5 Å². The molecule has 0 atom stereocenters. The fourth-order valence-electron chi connectivity index (χ4n) is 2.33. The molecule has 0 aliphatic heterocycles. The van der Waals surface area contributed by atoms with Gasteiger partial charge in [-0.2, -0.15) is 30.3 Å². The number of anilines is 2. The zero-order valence-corrected chi connectivity index (χ0v) is 17.3. The minimum atomic E-state index is -1.04. The van der Waals surface area contributed by atoms with Gasteiger partial charge in [0.25, 0.3) is 0 Å². The van der Waals surface area contributed by atoms with Crippen LogP contribution in [0, 0.1) is 37.2 Å². The van der Waals surface area contributed by atoms with Crippen LogP contribution in [0.3, 0.4) is 0 Å². The Morgan fingerprint density at radius 2 is 1.71 bits per heavy atom. The second-order valence-electron chi connectivity index (χ2n) is 5.08. The largest absolute Gasteiger partial charge is 0.477 e. The molecule has 0 spiro atoms. The van der Waals surface area contributed by atoms with Gasteiger partial charge in [-0.25, -0.2) is 9.78 Å². The smallest absolute Gasteiger partial charge is 0.354 e. The molecular formula is C19H15N2O2U-. The third kappa shape index (κ3) is 4.05. The first-order chi connectivity index (χ1) is 11.1. The Hall–Kier alpha value is -2.09. The first kappa shape index (κ1) is 18.3. The first-order valence-corrected chi connectivity index (χ1v) is 7.16. The summed E-state index contributed by atoms with van der Waals surface area (Å²) in [7, 11) is 1.90. The molecule has 0 saturated carbocycles. The minimum Gasteiger partial charge on any atom is -0.477 e. The minimum absolute atomic E-state index is 0. The van der Waals surface area contributed by atoms with E-state index in [4.69, 9.17) is 0 Å². The monoisotopic (exact) mass is 541 g/mol. The van der Waals surface area contributed by atoms with Gasteiger partial charge in [-0.15, -0.1) is 5.56 Å². The molecule has 0 aliphatic rings. The summed E-state index contributed by atoms with van der Waals surface area (Å²) >= 11 is 0. The summed E-state index contributed by atoms with van der Waals surface area (Å²) < 4.78 is 0. The summed E-state index contributed by atoms with van der Waals surface area (Å²) in [4.78, 5) is 17.6. The van der Waals surface area contributed by atoms with Gasteiger partial charge in [0.1, 0.15) is 0 Å². The molecule has 4 nitrogen and oxygen atoms in total. The van der Waals surface area contributed by atoms with Crippen molar-refractivity contribution in [3.63, 3.8) is 0 Å². The zero-order chi connectivity index (χ0) is 16.2. The average Bonchev–Trinajstić information content (AvgIpc) is 2.62. The molecule has 0 fully saturated rings. The van der Waals surface area contributed by atoms with E-state index >= 15 is 0 Å². The number of carboxylic acids is 1. The van der Waals surface area contributed by atoms with Crippen molar-refractivity contribution in [2.75, 3.05) is 11.9 Å². The van der Waals surface area contributed by atoms with E-state index < -0.39 is 5.97 Å². The molecule has 1 N–H and O–H groups in total. The summed E-state index contributed by atoms with van der Waals surface area (Å²) in [6, 6.07) is 23.5. The normalized spacial score (nSPS) is 9.88. The Morgan fingerprint density at radius 1 is 1.04 bits per heavy atom. The van der Waals surface area contributed by atoms with Crippen LogP contribution >= 0.6 is 0 Å². The first-order valence-electron chi connectivity index (χ1n) is 7.16. The third-order valence-electron chi connectivity index (χ3n) is 3.57. The molecule has 0 bridgehead atoms. The SMILES string of the molecule is CN(c1ccccc1)c1cc(C(=O)O)nc(-c2cc[c-]cc2)c1.[U]. The maximum Gasteiger partial charge on any atom is 0.354 e. The van der Waals surface area contributed by atoms with Crippen molar-refractivity contribution in [3.8, 4) is 11.3 Å². The molecule has 5 heteroatoms. The Morgan fingerprint density at radius 3 is 2.33 bits per heavy atom. The number of carboxylic acid groups (broad SMARTS) is 1. The van der Waals surface area contributed by atoms with Gasteiger partial charge < -0.3 is 10.0 Å². The molecule has 118 valence electrons. The molecular weight excluding hydrogens is 526 g/mol. The second-order valence-corrected chi connectivity index (χ2v) is 5.08. The number of nitrogens with zero attached hydrogens (tertiary/aromatic N) is 2. The van der Waals surface area contributed by atoms with Crippen LogP contribution in [-0.2, 0) is 0 Å². The summed E-state index contributed by atoms with van der Waals surface area (Å²) in [5.41, 5.74) is 3.24. The maximum atomic E-state index is 11.4. The summed E-state index contributed by atoms with van der Waals surface area (Å²) in [5, 5.41) is 9.35. The summed E-state index contributed by atoms with van der Waals surface area (Å²) in [6.45, 7) is 0. The van der Waals surface area contributed by atoms with E-state index in [0.29, 0.717) is 5.69 Å². The number of hydrogen-bond acceptors (Lipinski definition) is 3. The Labute approximate surface area is 164 Å². The second kappa shape index (κ2) is 8.14. The van der Waals surface area contributed by atoms with E-state index in [2.05, 4.69) is 11.1 Å². The van der Waals surface area contributed by atoms with E-state index in [1.165, 1.54) is 0 Å². The van der Waals surface area contributed by atoms with Gasteiger partial charge in [0, 0.05) is 55.2 Å². The van der Waals surface area contributed by atoms with Crippen molar-refractivity contribution < 1.29 is 41.0 Å². The van der Waals surface area contributed by atoms with Crippen LogP contribution in [0.4, 0.5) is 11.4 Å². The van der Waals surface area contributed by atoms with Crippen LogP contribution in [0.25, 0.3) is 11.3 Å². The van der Waals surface area contributed by atoms with Crippen molar-refractivity contribution in [3.05, 3.63) is 78.5 Å². The summed E-state index contributed by atoms with van der Waals surface area (Å²) in [6.07, 6.45) is 0. The van der Waals surface area contributed by atoms with Crippen LogP contribution in [0.15, 0.2) is 66.7 Å². The summed E-state index contributed by atoms with van der Waals surface area (Å²) in [5.74, 6) is -1.04. The average molecular weight is 541 g/mol. The zero-order valence-electron chi connectivity index (χ0n) is 13.1. The molecule has 24 heavy (non-hydrogen) atoms. The van der Waals surface area contributed by atoms with Crippen LogP contribution in [-0.4, -0.2) is 23.1 Å². The third-order valence-corrected chi connectivity index (χ3v) is 3.57. The number of pyridine rings is 1. The van der Waals surface area contributed by atoms with Crippen molar-refractivity contribution in [2.45, 2.75) is 0 Å². The fourth-order valence-corrected chi connectivity index (χ4v) is 2.33. The van der Waals surface area contributed by atoms with Gasteiger partial charge in [-0.1, -0.05) is 18.2 Å². The Balaban J connectivity index is 0.00000208. The van der Waals surface area contributed by atoms with Gasteiger partial charge in [-0.3, -0.25) is 0 Å². The topological polar surface area (TPSA) is 53.4 Å². The van der Waals surface area contributed by atoms with Crippen LogP contribution < -0.4 is 4.90 Å². The quantitative estimate of drug-likeness (QED) is 0.508. The molecule has 0 saturated heterocycles. The standard InChI is InChI=1S/C19H15N2O2.U/c1-21(15-10-6-3-7-11-15)16-12-17(14-8-4-2-5-9-14)20-18(13-16)19(22)23;/h3-13H,1H3,(H,22,23);/q-1;. The molecule has 1 heterocycles. The molecule has 3 rings (SSSR count). The van der Waals surface area contributed by atoms with Gasteiger partial charge >= 0.3 is 5.97 Å². The van der Waals surface area contributed by atoms with Crippen LogP contribution in [0.5, 0.6) is 0 Å². The number of aromatic carboxylic acids is 1. The van der Waals surface area contributed by atoms with E-state index in [0.717, 1.165) is 16.9 Å². The molecule has 0 amide bonds. The number of hydrogen-bond donors (Lipinski definition) is 1. The van der Waals surface area contributed by atoms with E-state index in [1.807, 2.05) is 60.5 Å². The van der Waals surface area contributed by atoms with Gasteiger partial charge in [0.05, 0.1) is 0 Å². The fraction of sp³-hybridized carbons (Fsp3) is 0.0526. The number of para-hydroxylation sites is 1. The predicted octanol–water partition coefficient (Wildman–Crippen LogP) is 4.01. The van der Waals surface area contributed by atoms with Gasteiger partial charge in [0.15, 0.2) is 5.69 Å². The molecule has 1 aromatic heterocycles. The van der Waals surface area contributed by atoms with E-state index in [1.54, 1.807) is 18.2 Å². The number of benzene rings is 2. The van der Waals surface area contributed by atoms with Gasteiger partial charge in [0.2, 0.25) is 0 Å². The van der Waals surface area contributed by atoms with Gasteiger partial charge in [-0.05, 0) is 24.3 Å². The predicted molar refractivity (Wildman–Crippen MR) is 90.0 cm³/mol. The number of rotatable bonds is 4. The molecule has 0 radical (unpaired) electrons. The van der Waals surface area contributed by atoms with E-state index in [9.17, 15) is 9.90 Å². The molecule has 2 aromatic carbocycles. The maximum absolute atomic E-state index is 11.4. The van der Waals surface area contributed by atoms with Crippen molar-refractivity contribution in [1.82, 2.24) is 4.98 Å². The van der Waals surface area contributed by atoms with Crippen molar-refractivity contribution in [1.29, 1.82) is 0 Å². The number of carbonyl (C=O) groups is 1. The Bertz CT molecular complexity index is 823. The Kier molecular flexibility index (Phi) is 6.19. The van der Waals surface area contributed by atoms with Crippen molar-refractivity contribution >= 4 is 17.3 Å². The molecule has 3 aromatic rings. The van der Waals surface area contributed by atoms with E-state index in [-0.39, 0.29) is 36.8 Å². The van der Waals surface area contributed by atoms with Crippen molar-refractivity contribution in [2.24, 2.45) is 0 Å². The number of aromatic nitrogens is 1.